The SMILES string of the molecule is CC1CN(CC(=O)NC(C)C2CC3CCC2C3)CCC1N.Cl. The molecule has 0 aromatic rings. The Labute approximate surface area is 141 Å². The van der Waals surface area contributed by atoms with Gasteiger partial charge in [0.1, 0.15) is 0 Å². The smallest absolute Gasteiger partial charge is 0.234 e. The van der Waals surface area contributed by atoms with Crippen LogP contribution in [0.4, 0.5) is 0 Å². The molecule has 0 aromatic heterocycles. The molecule has 22 heavy (non-hydrogen) atoms. The summed E-state index contributed by atoms with van der Waals surface area (Å²) in [5.41, 5.74) is 6.04. The predicted molar refractivity (Wildman–Crippen MR) is 92.0 cm³/mol. The summed E-state index contributed by atoms with van der Waals surface area (Å²) in [7, 11) is 0. The predicted octanol–water partition coefficient (Wildman–Crippen LogP) is 2.02. The molecule has 0 spiro atoms. The molecule has 1 heterocycles. The Morgan fingerprint density at radius 1 is 1.32 bits per heavy atom. The van der Waals surface area contributed by atoms with Crippen LogP contribution in [-0.4, -0.2) is 42.5 Å². The zero-order valence-electron chi connectivity index (χ0n) is 14.0. The number of likely N-dealkylation sites (tertiary alicyclic amines) is 1. The molecular formula is C17H32ClN3O. The minimum absolute atomic E-state index is 0. The molecule has 1 amide bonds. The Kier molecular flexibility index (Phi) is 6.14. The van der Waals surface area contributed by atoms with Gasteiger partial charge in [0.05, 0.1) is 6.54 Å². The molecule has 3 N–H and O–H groups in total. The topological polar surface area (TPSA) is 58.4 Å². The number of rotatable bonds is 4. The van der Waals surface area contributed by atoms with Crippen LogP contribution in [0.25, 0.3) is 0 Å². The average Bonchev–Trinajstić information content (AvgIpc) is 3.05. The van der Waals surface area contributed by atoms with E-state index in [1.54, 1.807) is 0 Å². The van der Waals surface area contributed by atoms with Crippen molar-refractivity contribution in [3.05, 3.63) is 0 Å². The molecule has 0 aromatic carbocycles. The molecule has 6 atom stereocenters. The van der Waals surface area contributed by atoms with Crippen LogP contribution in [0, 0.1) is 23.7 Å². The van der Waals surface area contributed by atoms with E-state index in [2.05, 4.69) is 24.1 Å². The van der Waals surface area contributed by atoms with E-state index in [9.17, 15) is 4.79 Å². The summed E-state index contributed by atoms with van der Waals surface area (Å²) < 4.78 is 0. The van der Waals surface area contributed by atoms with Crippen molar-refractivity contribution in [2.45, 2.75) is 58.0 Å². The molecule has 2 bridgehead atoms. The number of piperidine rings is 1. The van der Waals surface area contributed by atoms with E-state index in [-0.39, 0.29) is 18.3 Å². The number of nitrogens with one attached hydrogen (secondary N) is 1. The van der Waals surface area contributed by atoms with E-state index in [4.69, 9.17) is 5.73 Å². The summed E-state index contributed by atoms with van der Waals surface area (Å²) in [4.78, 5) is 14.5. The number of amides is 1. The summed E-state index contributed by atoms with van der Waals surface area (Å²) in [5.74, 6) is 3.24. The number of hydrogen-bond donors (Lipinski definition) is 2. The van der Waals surface area contributed by atoms with Crippen molar-refractivity contribution < 1.29 is 4.79 Å². The summed E-state index contributed by atoms with van der Waals surface area (Å²) in [5, 5.41) is 3.27. The van der Waals surface area contributed by atoms with Crippen LogP contribution in [0.1, 0.15) is 46.0 Å². The first-order valence-corrected chi connectivity index (χ1v) is 8.80. The fourth-order valence-corrected chi connectivity index (χ4v) is 4.91. The second kappa shape index (κ2) is 7.50. The van der Waals surface area contributed by atoms with E-state index in [1.165, 1.54) is 25.7 Å². The van der Waals surface area contributed by atoms with E-state index in [0.717, 1.165) is 37.3 Å². The van der Waals surface area contributed by atoms with Gasteiger partial charge in [-0.15, -0.1) is 12.4 Å². The van der Waals surface area contributed by atoms with Crippen molar-refractivity contribution in [1.82, 2.24) is 10.2 Å². The number of nitrogens with two attached hydrogens (primary N) is 1. The average molecular weight is 330 g/mol. The first-order valence-electron chi connectivity index (χ1n) is 8.80. The van der Waals surface area contributed by atoms with Crippen molar-refractivity contribution in [2.24, 2.45) is 29.4 Å². The van der Waals surface area contributed by atoms with E-state index < -0.39 is 0 Å². The van der Waals surface area contributed by atoms with E-state index in [0.29, 0.717) is 24.5 Å². The molecule has 4 nitrogen and oxygen atoms in total. The summed E-state index contributed by atoms with van der Waals surface area (Å²) in [6.45, 7) is 6.85. The van der Waals surface area contributed by atoms with Gasteiger partial charge in [0.2, 0.25) is 5.91 Å². The largest absolute Gasteiger partial charge is 0.352 e. The molecule has 3 aliphatic rings. The number of carbonyl (C=O) groups is 1. The van der Waals surface area contributed by atoms with Crippen LogP contribution in [0.3, 0.4) is 0 Å². The lowest BCUT2D eigenvalue weighted by Crippen LogP contribution is -2.50. The highest BCUT2D eigenvalue weighted by atomic mass is 35.5. The highest BCUT2D eigenvalue weighted by Gasteiger charge is 2.42. The van der Waals surface area contributed by atoms with E-state index in [1.807, 2.05) is 0 Å². The molecule has 3 fully saturated rings. The van der Waals surface area contributed by atoms with Gasteiger partial charge in [-0.3, -0.25) is 9.69 Å². The number of hydrogen-bond acceptors (Lipinski definition) is 3. The maximum Gasteiger partial charge on any atom is 0.234 e. The molecule has 2 aliphatic carbocycles. The highest BCUT2D eigenvalue weighted by molar-refractivity contribution is 5.85. The van der Waals surface area contributed by atoms with Gasteiger partial charge in [-0.05, 0) is 56.3 Å². The van der Waals surface area contributed by atoms with Crippen molar-refractivity contribution >= 4 is 18.3 Å². The minimum Gasteiger partial charge on any atom is -0.352 e. The third kappa shape index (κ3) is 3.95. The number of halogens is 1. The lowest BCUT2D eigenvalue weighted by atomic mass is 9.84. The second-order valence-corrected chi connectivity index (χ2v) is 7.86. The Bertz CT molecular complexity index is 392. The molecule has 128 valence electrons. The molecule has 2 saturated carbocycles. The Balaban J connectivity index is 0.00000176. The number of nitrogens with zero attached hydrogens (tertiary/aromatic N) is 1. The van der Waals surface area contributed by atoms with Crippen molar-refractivity contribution in [1.29, 1.82) is 0 Å². The monoisotopic (exact) mass is 329 g/mol. The molecule has 1 aliphatic heterocycles. The van der Waals surface area contributed by atoms with Gasteiger partial charge in [0.15, 0.2) is 0 Å². The fourth-order valence-electron chi connectivity index (χ4n) is 4.91. The number of carbonyl (C=O) groups excluding carboxylic acids is 1. The van der Waals surface area contributed by atoms with Crippen molar-refractivity contribution in [3.63, 3.8) is 0 Å². The minimum atomic E-state index is 0. The maximum absolute atomic E-state index is 12.3. The molecule has 6 unspecified atom stereocenters. The van der Waals surface area contributed by atoms with Gasteiger partial charge in [-0.2, -0.15) is 0 Å². The third-order valence-corrected chi connectivity index (χ3v) is 6.25. The van der Waals surface area contributed by atoms with Gasteiger partial charge < -0.3 is 11.1 Å². The maximum atomic E-state index is 12.3. The van der Waals surface area contributed by atoms with Gasteiger partial charge in [0.25, 0.3) is 0 Å². The standard InChI is InChI=1S/C17H31N3O.ClH/c1-11-9-20(6-5-16(11)18)10-17(21)19-12(2)15-8-13-3-4-14(15)7-13;/h11-16H,3-10,18H2,1-2H3,(H,19,21);1H. The molecule has 1 saturated heterocycles. The van der Waals surface area contributed by atoms with Crippen LogP contribution in [0.15, 0.2) is 0 Å². The molecular weight excluding hydrogens is 298 g/mol. The lowest BCUT2D eigenvalue weighted by molar-refractivity contribution is -0.123. The third-order valence-electron chi connectivity index (χ3n) is 6.25. The highest BCUT2D eigenvalue weighted by Crippen LogP contribution is 2.49. The van der Waals surface area contributed by atoms with Crippen LogP contribution < -0.4 is 11.1 Å². The Morgan fingerprint density at radius 3 is 2.68 bits per heavy atom. The normalized spacial score (nSPS) is 39.3. The van der Waals surface area contributed by atoms with Crippen LogP contribution in [0.5, 0.6) is 0 Å². The lowest BCUT2D eigenvalue weighted by Gasteiger charge is -2.35. The van der Waals surface area contributed by atoms with Gasteiger partial charge in [-0.1, -0.05) is 13.3 Å². The van der Waals surface area contributed by atoms with Gasteiger partial charge >= 0.3 is 0 Å². The summed E-state index contributed by atoms with van der Waals surface area (Å²) in [6.07, 6.45) is 6.56. The van der Waals surface area contributed by atoms with Crippen molar-refractivity contribution in [2.75, 3.05) is 19.6 Å². The first kappa shape index (κ1) is 18.0. The molecule has 0 radical (unpaired) electrons. The molecule has 3 rings (SSSR count). The Hall–Kier alpha value is -0.320. The quantitative estimate of drug-likeness (QED) is 0.829. The van der Waals surface area contributed by atoms with Crippen molar-refractivity contribution in [3.8, 4) is 0 Å². The van der Waals surface area contributed by atoms with Crippen LogP contribution >= 0.6 is 12.4 Å². The fraction of sp³-hybridized carbons (Fsp3) is 0.941. The zero-order valence-corrected chi connectivity index (χ0v) is 14.8. The van der Waals surface area contributed by atoms with Crippen LogP contribution in [-0.2, 0) is 4.79 Å². The van der Waals surface area contributed by atoms with Gasteiger partial charge in [0, 0.05) is 25.2 Å². The molecule has 5 heteroatoms. The summed E-state index contributed by atoms with van der Waals surface area (Å²) >= 11 is 0. The van der Waals surface area contributed by atoms with E-state index >= 15 is 0 Å². The zero-order chi connectivity index (χ0) is 15.0. The number of fused-ring (bicyclic) bond motifs is 2. The first-order chi connectivity index (χ1) is 10.0. The van der Waals surface area contributed by atoms with Crippen LogP contribution in [0.2, 0.25) is 0 Å². The Morgan fingerprint density at radius 2 is 2.09 bits per heavy atom. The summed E-state index contributed by atoms with van der Waals surface area (Å²) in [6, 6.07) is 0.648. The second-order valence-electron chi connectivity index (χ2n) is 7.86. The van der Waals surface area contributed by atoms with Gasteiger partial charge in [-0.25, -0.2) is 0 Å².